The standard InChI is InChI=1S/C78H75NO3/c1-4-7-10-13-16-19-22-25-28-31-64-80-76-58-46-70(47-59-76)37-34-67-40-52-73(53-41-67)79(74-54-42-68(43-55-74)35-38-71-48-60-77(61-49-71)81-65-32-29-26-23-20-17-14-11-8-5-2)75-56-44-69(45-57-75)36-39-72-50-62-78(63-51-72)82-66-33-30-27-24-21-18-15-12-9-6-3/h1,40-63H,5-6,8-9,11-12,14-15,17-18,20-21,23-24,26-27,29-30,32-33,65-66H2,2-3H3. The fourth-order valence-electron chi connectivity index (χ4n) is 8.76. The van der Waals surface area contributed by atoms with Gasteiger partial charge in [0, 0.05) is 80.0 Å². The van der Waals surface area contributed by atoms with E-state index in [1.807, 2.05) is 84.9 Å². The normalized spacial score (nSPS) is 9.62. The number of rotatable bonds is 28. The van der Waals surface area contributed by atoms with Gasteiger partial charge in [-0.05, 0) is 188 Å². The van der Waals surface area contributed by atoms with Gasteiger partial charge in [-0.1, -0.05) is 165 Å². The van der Waals surface area contributed by atoms with E-state index in [2.05, 4.69) is 180 Å². The molecule has 0 saturated carbocycles. The third-order valence-electron chi connectivity index (χ3n) is 13.3. The highest BCUT2D eigenvalue weighted by Crippen LogP contribution is 2.35. The Hall–Kier alpha value is -9.44. The van der Waals surface area contributed by atoms with Crippen LogP contribution in [0.1, 0.15) is 176 Å². The van der Waals surface area contributed by atoms with E-state index in [1.165, 1.54) is 116 Å². The highest BCUT2D eigenvalue weighted by atomic mass is 16.5. The van der Waals surface area contributed by atoms with Crippen molar-refractivity contribution in [2.75, 3.05) is 18.1 Å². The largest absolute Gasteiger partial charge is 0.494 e. The molecule has 0 heterocycles. The maximum atomic E-state index is 6.06. The van der Waals surface area contributed by atoms with Crippen molar-refractivity contribution in [3.63, 3.8) is 0 Å². The molecule has 0 radical (unpaired) electrons. The van der Waals surface area contributed by atoms with Crippen molar-refractivity contribution in [3.05, 3.63) is 179 Å². The van der Waals surface area contributed by atoms with Crippen LogP contribution in [0.4, 0.5) is 17.1 Å². The maximum Gasteiger partial charge on any atom is 0.140 e. The van der Waals surface area contributed by atoms with Crippen LogP contribution in [0.5, 0.6) is 17.2 Å². The zero-order chi connectivity index (χ0) is 57.2. The number of ether oxygens (including phenoxy) is 3. The van der Waals surface area contributed by atoms with Gasteiger partial charge in [-0.3, -0.25) is 0 Å². The Bertz CT molecular complexity index is 3300. The minimum atomic E-state index is 0.573. The van der Waals surface area contributed by atoms with E-state index in [0.29, 0.717) is 5.75 Å². The predicted octanol–water partition coefficient (Wildman–Crippen LogP) is 17.9. The topological polar surface area (TPSA) is 30.9 Å². The lowest BCUT2D eigenvalue weighted by molar-refractivity contribution is 0.304. The van der Waals surface area contributed by atoms with Gasteiger partial charge in [0.25, 0.3) is 0 Å². The first kappa shape index (κ1) is 61.8. The minimum Gasteiger partial charge on any atom is -0.494 e. The molecule has 6 aromatic carbocycles. The van der Waals surface area contributed by atoms with Crippen molar-refractivity contribution in [1.82, 2.24) is 0 Å². The number of hydrogen-bond donors (Lipinski definition) is 0. The van der Waals surface area contributed by atoms with Crippen molar-refractivity contribution in [1.29, 1.82) is 0 Å². The molecule has 82 heavy (non-hydrogen) atoms. The average molecular weight is 1070 g/mol. The van der Waals surface area contributed by atoms with E-state index in [4.69, 9.17) is 20.6 Å². The second-order valence-electron chi connectivity index (χ2n) is 19.8. The van der Waals surface area contributed by atoms with Crippen LogP contribution in [0.15, 0.2) is 146 Å². The van der Waals surface area contributed by atoms with Crippen molar-refractivity contribution < 1.29 is 14.2 Å². The molecule has 0 amide bonds. The number of terminal acetylenes is 1. The predicted molar refractivity (Wildman–Crippen MR) is 341 cm³/mol. The van der Waals surface area contributed by atoms with Gasteiger partial charge in [-0.2, -0.15) is 0 Å². The van der Waals surface area contributed by atoms with Gasteiger partial charge >= 0.3 is 0 Å². The first-order valence-electron chi connectivity index (χ1n) is 29.4. The maximum absolute atomic E-state index is 6.06. The molecule has 6 aromatic rings. The summed E-state index contributed by atoms with van der Waals surface area (Å²) < 4.78 is 17.6. The summed E-state index contributed by atoms with van der Waals surface area (Å²) in [5, 5.41) is 0. The first-order valence-corrected chi connectivity index (χ1v) is 29.4. The van der Waals surface area contributed by atoms with E-state index in [9.17, 15) is 0 Å². The molecule has 0 aliphatic carbocycles. The Morgan fingerprint density at radius 1 is 0.293 bits per heavy atom. The number of hydrogen-bond acceptors (Lipinski definition) is 4. The van der Waals surface area contributed by atoms with E-state index < -0.39 is 0 Å². The number of anilines is 3. The molecular formula is C78H75NO3. The lowest BCUT2D eigenvalue weighted by atomic mass is 10.1. The van der Waals surface area contributed by atoms with Crippen LogP contribution in [-0.2, 0) is 0 Å². The Labute approximate surface area is 492 Å². The molecule has 0 unspecified atom stereocenters. The lowest BCUT2D eigenvalue weighted by Crippen LogP contribution is -2.09. The molecule has 0 saturated heterocycles. The third-order valence-corrected chi connectivity index (χ3v) is 13.3. The van der Waals surface area contributed by atoms with Gasteiger partial charge in [0.1, 0.15) is 23.4 Å². The second kappa shape index (κ2) is 39.0. The fourth-order valence-corrected chi connectivity index (χ4v) is 8.76. The SMILES string of the molecule is C#CC#CC#CC#CC#CC#COc1ccc(C#Cc2ccc(N(c3ccc(C#Cc4ccc(OCCCCCCCCCCCC)cc4)cc3)c3ccc(C#Cc4ccc(OCCCCCCCCCCCC)cc4)cc3)cc2)cc1. The fraction of sp³-hybridized carbons (Fsp3) is 0.308. The summed E-state index contributed by atoms with van der Waals surface area (Å²) in [6.45, 7) is 6.04. The minimum absolute atomic E-state index is 0.573. The Kier molecular flexibility index (Phi) is 29.4. The van der Waals surface area contributed by atoms with E-state index in [1.54, 1.807) is 0 Å². The highest BCUT2D eigenvalue weighted by molar-refractivity contribution is 5.77. The van der Waals surface area contributed by atoms with Crippen LogP contribution in [0, 0.1) is 107 Å². The first-order chi connectivity index (χ1) is 40.6. The summed E-state index contributed by atoms with van der Waals surface area (Å²) >= 11 is 0. The highest BCUT2D eigenvalue weighted by Gasteiger charge is 2.13. The van der Waals surface area contributed by atoms with Gasteiger partial charge in [0.05, 0.1) is 13.2 Å². The molecule has 0 aromatic heterocycles. The van der Waals surface area contributed by atoms with Gasteiger partial charge in [0.2, 0.25) is 0 Å². The van der Waals surface area contributed by atoms with E-state index in [0.717, 1.165) is 88.0 Å². The Morgan fingerprint density at radius 2 is 0.549 bits per heavy atom. The molecule has 0 bridgehead atoms. The van der Waals surface area contributed by atoms with Crippen molar-refractivity contribution >= 4 is 17.1 Å². The molecule has 6 rings (SSSR count). The van der Waals surface area contributed by atoms with E-state index >= 15 is 0 Å². The second-order valence-corrected chi connectivity index (χ2v) is 19.8. The average Bonchev–Trinajstić information content (AvgIpc) is 3.67. The summed E-state index contributed by atoms with van der Waals surface area (Å²) in [5.41, 5.74) is 8.40. The molecule has 0 aliphatic rings. The van der Waals surface area contributed by atoms with Crippen LogP contribution in [-0.4, -0.2) is 13.2 Å². The summed E-state index contributed by atoms with van der Waals surface area (Å²) in [5.74, 6) is 47.3. The summed E-state index contributed by atoms with van der Waals surface area (Å²) in [6, 6.07) is 48.6. The Balaban J connectivity index is 1.07. The lowest BCUT2D eigenvalue weighted by Gasteiger charge is -2.25. The van der Waals surface area contributed by atoms with Crippen LogP contribution in [0.3, 0.4) is 0 Å². The molecule has 0 fully saturated rings. The van der Waals surface area contributed by atoms with Gasteiger partial charge < -0.3 is 19.1 Å². The van der Waals surface area contributed by atoms with Gasteiger partial charge in [0.15, 0.2) is 0 Å². The summed E-state index contributed by atoms with van der Waals surface area (Å²) in [6.07, 6.45) is 33.8. The van der Waals surface area contributed by atoms with Crippen LogP contribution in [0.25, 0.3) is 0 Å². The van der Waals surface area contributed by atoms with Crippen LogP contribution >= 0.6 is 0 Å². The molecule has 4 nitrogen and oxygen atoms in total. The molecule has 0 aliphatic heterocycles. The number of nitrogens with zero attached hydrogens (tertiary/aromatic N) is 1. The molecule has 0 spiro atoms. The quantitative estimate of drug-likeness (QED) is 0.0362. The van der Waals surface area contributed by atoms with Crippen molar-refractivity contribution in [3.8, 4) is 125 Å². The van der Waals surface area contributed by atoms with Gasteiger partial charge in [-0.25, -0.2) is 0 Å². The zero-order valence-electron chi connectivity index (χ0n) is 48.2. The number of benzene rings is 6. The summed E-state index contributed by atoms with van der Waals surface area (Å²) in [4.78, 5) is 2.23. The van der Waals surface area contributed by atoms with Crippen molar-refractivity contribution in [2.45, 2.75) is 142 Å². The summed E-state index contributed by atoms with van der Waals surface area (Å²) in [7, 11) is 0. The van der Waals surface area contributed by atoms with Crippen molar-refractivity contribution in [2.24, 2.45) is 0 Å². The third kappa shape index (κ3) is 25.1. The van der Waals surface area contributed by atoms with Gasteiger partial charge in [-0.15, -0.1) is 6.42 Å². The van der Waals surface area contributed by atoms with Crippen LogP contribution in [0.2, 0.25) is 0 Å². The monoisotopic (exact) mass is 1070 g/mol. The zero-order valence-corrected chi connectivity index (χ0v) is 48.2. The molecule has 0 N–H and O–H groups in total. The number of unbranched alkanes of at least 4 members (excludes halogenated alkanes) is 18. The smallest absolute Gasteiger partial charge is 0.140 e. The molecule has 4 heteroatoms. The Morgan fingerprint density at radius 3 is 0.854 bits per heavy atom. The molecule has 0 atom stereocenters. The molecular weight excluding hydrogens is 999 g/mol. The van der Waals surface area contributed by atoms with E-state index in [-0.39, 0.29) is 0 Å². The van der Waals surface area contributed by atoms with Crippen LogP contribution < -0.4 is 19.1 Å². The molecule has 410 valence electrons.